The maximum Gasteiger partial charge on any atom is 0.257 e. The second kappa shape index (κ2) is 14.1. The average Bonchev–Trinajstić information content (AvgIpc) is 3.31. The molecule has 4 aromatic rings. The first kappa shape index (κ1) is 30.0. The standard InChI is InChI=1S/C28H34ClN5O4SSi/c1-33(15-23(35)22-13-30-8-9-31-22)16-24-21(17-38-10-11-40-3)25-27(39-24)26(36)20(14-34(25)2)28(37)32-12-18-4-6-19(29)7-5-18/h4-9,13-14,23,35H,10-12,15-17,40H2,1-3H3,(H,32,37). The van der Waals surface area contributed by atoms with Gasteiger partial charge >= 0.3 is 0 Å². The van der Waals surface area contributed by atoms with E-state index in [9.17, 15) is 14.7 Å². The zero-order chi connectivity index (χ0) is 28.6. The molecule has 0 aliphatic heterocycles. The van der Waals surface area contributed by atoms with Gasteiger partial charge in [-0.05, 0) is 30.8 Å². The first-order chi connectivity index (χ1) is 19.3. The highest BCUT2D eigenvalue weighted by atomic mass is 35.5. The molecule has 0 saturated heterocycles. The Hall–Kier alpha value is -2.93. The molecule has 4 rings (SSSR count). The summed E-state index contributed by atoms with van der Waals surface area (Å²) < 4.78 is 8.38. The Morgan fingerprint density at radius 2 is 2.08 bits per heavy atom. The fraction of sp³-hybridized carbons (Fsp3) is 0.357. The Labute approximate surface area is 244 Å². The minimum absolute atomic E-state index is 0.0904. The molecule has 0 fully saturated rings. The number of fused-ring (bicyclic) bond motifs is 1. The first-order valence-electron chi connectivity index (χ1n) is 13.1. The number of aromatic nitrogens is 3. The summed E-state index contributed by atoms with van der Waals surface area (Å²) in [5, 5.41) is 14.1. The van der Waals surface area contributed by atoms with Crippen LogP contribution in [0.5, 0.6) is 0 Å². The van der Waals surface area contributed by atoms with Crippen LogP contribution in [0.4, 0.5) is 0 Å². The van der Waals surface area contributed by atoms with Crippen molar-refractivity contribution in [1.82, 2.24) is 24.8 Å². The third-order valence-electron chi connectivity index (χ3n) is 6.51. The van der Waals surface area contributed by atoms with Crippen molar-refractivity contribution in [3.8, 4) is 0 Å². The van der Waals surface area contributed by atoms with Crippen molar-refractivity contribution in [2.45, 2.75) is 38.4 Å². The number of hydrogen-bond donors (Lipinski definition) is 2. The maximum atomic E-state index is 13.6. The maximum absolute atomic E-state index is 13.6. The molecule has 1 atom stereocenters. The Kier molecular flexibility index (Phi) is 10.6. The van der Waals surface area contributed by atoms with Crippen LogP contribution in [0.2, 0.25) is 17.6 Å². The first-order valence-corrected chi connectivity index (χ1v) is 16.8. The summed E-state index contributed by atoms with van der Waals surface area (Å²) in [6.45, 7) is 4.42. The number of rotatable bonds is 13. The molecule has 3 heterocycles. The molecule has 0 radical (unpaired) electrons. The monoisotopic (exact) mass is 599 g/mol. The van der Waals surface area contributed by atoms with E-state index in [-0.39, 0.29) is 27.1 Å². The van der Waals surface area contributed by atoms with Crippen LogP contribution in [0.3, 0.4) is 0 Å². The van der Waals surface area contributed by atoms with Crippen molar-refractivity contribution >= 4 is 48.6 Å². The molecular formula is C28H34ClN5O4SSi. The van der Waals surface area contributed by atoms with Crippen molar-refractivity contribution in [2.24, 2.45) is 7.05 Å². The Morgan fingerprint density at radius 3 is 2.77 bits per heavy atom. The minimum Gasteiger partial charge on any atom is -0.385 e. The molecule has 0 spiro atoms. The van der Waals surface area contributed by atoms with Gasteiger partial charge in [0.2, 0.25) is 5.43 Å². The van der Waals surface area contributed by atoms with Crippen LogP contribution in [0.25, 0.3) is 10.2 Å². The molecule has 3 aromatic heterocycles. The largest absolute Gasteiger partial charge is 0.385 e. The van der Waals surface area contributed by atoms with Gasteiger partial charge in [-0.3, -0.25) is 24.5 Å². The molecule has 0 aliphatic rings. The summed E-state index contributed by atoms with van der Waals surface area (Å²) >= 11 is 7.33. The Balaban J connectivity index is 1.60. The second-order valence-corrected chi connectivity index (χ2v) is 13.0. The molecule has 1 aromatic carbocycles. The molecule has 0 aliphatic carbocycles. The highest BCUT2D eigenvalue weighted by Gasteiger charge is 2.23. The van der Waals surface area contributed by atoms with Crippen LogP contribution in [-0.4, -0.2) is 60.2 Å². The number of carbonyl (C=O) groups is 1. The molecular weight excluding hydrogens is 566 g/mol. The van der Waals surface area contributed by atoms with E-state index >= 15 is 0 Å². The number of likely N-dealkylation sites (N-methyl/N-ethyl adjacent to an activating group) is 1. The lowest BCUT2D eigenvalue weighted by Gasteiger charge is -2.20. The molecule has 0 saturated carbocycles. The normalized spacial score (nSPS) is 12.6. The van der Waals surface area contributed by atoms with E-state index in [2.05, 4.69) is 21.8 Å². The number of nitrogens with zero attached hydrogens (tertiary/aromatic N) is 4. The van der Waals surface area contributed by atoms with Gasteiger partial charge in [-0.2, -0.15) is 0 Å². The lowest BCUT2D eigenvalue weighted by molar-refractivity contribution is 0.0949. The number of amides is 1. The third-order valence-corrected chi connectivity index (χ3v) is 8.96. The molecule has 12 heteroatoms. The highest BCUT2D eigenvalue weighted by molar-refractivity contribution is 7.19. The predicted octanol–water partition coefficient (Wildman–Crippen LogP) is 3.29. The van der Waals surface area contributed by atoms with E-state index in [0.717, 1.165) is 27.6 Å². The van der Waals surface area contributed by atoms with Gasteiger partial charge in [0.05, 0.1) is 28.7 Å². The smallest absolute Gasteiger partial charge is 0.257 e. The molecule has 1 unspecified atom stereocenters. The number of nitrogens with one attached hydrogen (secondary N) is 1. The summed E-state index contributed by atoms with van der Waals surface area (Å²) in [7, 11) is 3.64. The average molecular weight is 600 g/mol. The van der Waals surface area contributed by atoms with E-state index in [1.54, 1.807) is 36.9 Å². The molecule has 0 bridgehead atoms. The zero-order valence-electron chi connectivity index (χ0n) is 22.9. The van der Waals surface area contributed by atoms with Gasteiger partial charge in [0.15, 0.2) is 0 Å². The van der Waals surface area contributed by atoms with Gasteiger partial charge in [0, 0.05) is 76.9 Å². The van der Waals surface area contributed by atoms with Crippen LogP contribution in [0, 0.1) is 0 Å². The van der Waals surface area contributed by atoms with E-state index in [4.69, 9.17) is 16.3 Å². The predicted molar refractivity (Wildman–Crippen MR) is 162 cm³/mol. The van der Waals surface area contributed by atoms with Gasteiger partial charge < -0.3 is 19.7 Å². The van der Waals surface area contributed by atoms with Crippen LogP contribution >= 0.6 is 22.9 Å². The third kappa shape index (κ3) is 7.42. The van der Waals surface area contributed by atoms with Crippen LogP contribution < -0.4 is 10.7 Å². The van der Waals surface area contributed by atoms with Crippen LogP contribution in [0.15, 0.2) is 53.8 Å². The quantitative estimate of drug-likeness (QED) is 0.179. The molecule has 40 heavy (non-hydrogen) atoms. The van der Waals surface area contributed by atoms with E-state index < -0.39 is 12.0 Å². The number of pyridine rings is 1. The molecule has 9 nitrogen and oxygen atoms in total. The number of halogens is 1. The summed E-state index contributed by atoms with van der Waals surface area (Å²) in [4.78, 5) is 37.8. The number of ether oxygens (including phenoxy) is 1. The van der Waals surface area contributed by atoms with Crippen LogP contribution in [0.1, 0.15) is 38.2 Å². The zero-order valence-corrected chi connectivity index (χ0v) is 25.9. The van der Waals surface area contributed by atoms with Crippen molar-refractivity contribution in [3.63, 3.8) is 0 Å². The van der Waals surface area contributed by atoms with Crippen molar-refractivity contribution in [3.05, 3.63) is 91.6 Å². The van der Waals surface area contributed by atoms with Gasteiger partial charge in [0.1, 0.15) is 11.7 Å². The number of benzene rings is 1. The fourth-order valence-corrected chi connectivity index (χ4v) is 6.38. The molecule has 212 valence electrons. The van der Waals surface area contributed by atoms with Crippen molar-refractivity contribution in [1.29, 1.82) is 0 Å². The lowest BCUT2D eigenvalue weighted by Crippen LogP contribution is -2.29. The van der Waals surface area contributed by atoms with Crippen molar-refractivity contribution in [2.75, 3.05) is 20.2 Å². The number of aliphatic hydroxyl groups excluding tert-OH is 1. The number of carbonyl (C=O) groups excluding carboxylic acids is 1. The number of aryl methyl sites for hydroxylation is 1. The Morgan fingerprint density at radius 1 is 1.30 bits per heavy atom. The van der Waals surface area contributed by atoms with E-state index in [1.807, 2.05) is 35.7 Å². The highest BCUT2D eigenvalue weighted by Crippen LogP contribution is 2.31. The Bertz CT molecular complexity index is 1500. The van der Waals surface area contributed by atoms with E-state index in [1.165, 1.54) is 11.3 Å². The van der Waals surface area contributed by atoms with Crippen LogP contribution in [-0.2, 0) is 31.5 Å². The van der Waals surface area contributed by atoms with Crippen molar-refractivity contribution < 1.29 is 14.6 Å². The molecule has 1 amide bonds. The summed E-state index contributed by atoms with van der Waals surface area (Å²) in [6.07, 6.45) is 5.47. The fourth-order valence-electron chi connectivity index (χ4n) is 4.39. The van der Waals surface area contributed by atoms with E-state index in [0.29, 0.717) is 41.7 Å². The topological polar surface area (TPSA) is 110 Å². The minimum atomic E-state index is -0.801. The van der Waals surface area contributed by atoms with Gasteiger partial charge in [-0.15, -0.1) is 11.3 Å². The summed E-state index contributed by atoms with van der Waals surface area (Å²) in [6, 6.07) is 8.27. The van der Waals surface area contributed by atoms with Gasteiger partial charge in [0.25, 0.3) is 5.91 Å². The number of aliphatic hydroxyl groups is 1. The summed E-state index contributed by atoms with van der Waals surface area (Å²) in [5.74, 6) is -0.428. The number of hydrogen-bond acceptors (Lipinski definition) is 8. The SMILES string of the molecule is C[SiH2]CCOCc1c(CN(C)CC(O)c2cnccn2)sc2c(=O)c(C(=O)NCc3ccc(Cl)cc3)cn(C)c12. The second-order valence-electron chi connectivity index (χ2n) is 9.72. The summed E-state index contributed by atoms with van der Waals surface area (Å²) in [5.41, 5.74) is 2.88. The van der Waals surface area contributed by atoms with Gasteiger partial charge in [-0.25, -0.2) is 0 Å². The lowest BCUT2D eigenvalue weighted by atomic mass is 10.1. The number of thiophene rings is 1. The molecule has 2 N–H and O–H groups in total. The van der Waals surface area contributed by atoms with Gasteiger partial charge in [-0.1, -0.05) is 30.3 Å².